The number of nitrogens with zero attached hydrogens (tertiary/aromatic N) is 3. The van der Waals surface area contributed by atoms with Crippen LogP contribution >= 0.6 is 0 Å². The molecule has 0 aliphatic heterocycles. The summed E-state index contributed by atoms with van der Waals surface area (Å²) in [5.74, 6) is 3.68. The highest BCUT2D eigenvalue weighted by molar-refractivity contribution is 5.73. The summed E-state index contributed by atoms with van der Waals surface area (Å²) < 4.78 is 23.5. The molecule has 2 aromatic heterocycles. The van der Waals surface area contributed by atoms with Gasteiger partial charge in [-0.25, -0.2) is 4.98 Å². The molecular formula is C26H30N4O4. The maximum Gasteiger partial charge on any atom is 0.161 e. The van der Waals surface area contributed by atoms with E-state index in [0.717, 1.165) is 64.0 Å². The third-order valence-corrected chi connectivity index (χ3v) is 5.77. The molecule has 0 fully saturated rings. The standard InChI is InChI=1S/C26H30N4O4/c1-16-13-24(27-12-11-18-7-9-20(31-3)22(14-18)33-5)30-26(28-16)17(2)25(29-30)19-8-10-21(32-4)23(15-19)34-6/h7-10,13-15,27H,11-12H2,1-6H3. The quantitative estimate of drug-likeness (QED) is 0.386. The first kappa shape index (κ1) is 23.2. The molecule has 8 heteroatoms. The maximum atomic E-state index is 5.48. The number of hydrogen-bond donors (Lipinski definition) is 1. The lowest BCUT2D eigenvalue weighted by molar-refractivity contribution is 0.354. The number of aromatic nitrogens is 3. The first-order chi connectivity index (χ1) is 16.5. The fourth-order valence-corrected chi connectivity index (χ4v) is 4.00. The smallest absolute Gasteiger partial charge is 0.161 e. The molecule has 4 aromatic rings. The van der Waals surface area contributed by atoms with Crippen molar-refractivity contribution < 1.29 is 18.9 Å². The summed E-state index contributed by atoms with van der Waals surface area (Å²) in [7, 11) is 6.54. The van der Waals surface area contributed by atoms with E-state index in [1.807, 2.05) is 60.8 Å². The zero-order valence-electron chi connectivity index (χ0n) is 20.4. The highest BCUT2D eigenvalue weighted by atomic mass is 16.5. The monoisotopic (exact) mass is 462 g/mol. The van der Waals surface area contributed by atoms with E-state index < -0.39 is 0 Å². The van der Waals surface area contributed by atoms with Gasteiger partial charge in [0.05, 0.1) is 34.1 Å². The minimum absolute atomic E-state index is 0.661. The number of ether oxygens (including phenoxy) is 4. The molecule has 34 heavy (non-hydrogen) atoms. The Morgan fingerprint density at radius 3 is 2.12 bits per heavy atom. The van der Waals surface area contributed by atoms with Crippen LogP contribution in [0.25, 0.3) is 16.9 Å². The highest BCUT2D eigenvalue weighted by Gasteiger charge is 2.17. The average molecular weight is 463 g/mol. The van der Waals surface area contributed by atoms with Crippen LogP contribution in [0, 0.1) is 13.8 Å². The van der Waals surface area contributed by atoms with Gasteiger partial charge < -0.3 is 24.3 Å². The van der Waals surface area contributed by atoms with E-state index in [0.29, 0.717) is 11.5 Å². The van der Waals surface area contributed by atoms with Crippen LogP contribution in [0.3, 0.4) is 0 Å². The molecule has 0 aliphatic rings. The van der Waals surface area contributed by atoms with Crippen molar-refractivity contribution in [2.45, 2.75) is 20.3 Å². The Bertz CT molecular complexity index is 1320. The number of nitrogens with one attached hydrogen (secondary N) is 1. The first-order valence-corrected chi connectivity index (χ1v) is 11.0. The predicted octanol–water partition coefficient (Wildman–Crippen LogP) is 4.70. The fraction of sp³-hybridized carbons (Fsp3) is 0.308. The van der Waals surface area contributed by atoms with E-state index in [-0.39, 0.29) is 0 Å². The summed E-state index contributed by atoms with van der Waals surface area (Å²) in [5.41, 5.74) is 5.67. The van der Waals surface area contributed by atoms with Crippen LogP contribution in [-0.4, -0.2) is 49.6 Å². The van der Waals surface area contributed by atoms with Crippen molar-refractivity contribution in [2.75, 3.05) is 40.3 Å². The second kappa shape index (κ2) is 9.91. The van der Waals surface area contributed by atoms with Gasteiger partial charge in [0.15, 0.2) is 28.6 Å². The van der Waals surface area contributed by atoms with Gasteiger partial charge in [0.2, 0.25) is 0 Å². The second-order valence-electron chi connectivity index (χ2n) is 7.93. The molecule has 178 valence electrons. The number of fused-ring (bicyclic) bond motifs is 1. The first-order valence-electron chi connectivity index (χ1n) is 11.0. The molecule has 0 spiro atoms. The molecule has 2 heterocycles. The Kier molecular flexibility index (Phi) is 6.77. The highest BCUT2D eigenvalue weighted by Crippen LogP contribution is 2.34. The van der Waals surface area contributed by atoms with E-state index in [4.69, 9.17) is 29.0 Å². The second-order valence-corrected chi connectivity index (χ2v) is 7.93. The van der Waals surface area contributed by atoms with Crippen molar-refractivity contribution in [1.29, 1.82) is 0 Å². The van der Waals surface area contributed by atoms with Crippen LogP contribution in [0.4, 0.5) is 5.82 Å². The van der Waals surface area contributed by atoms with Gasteiger partial charge in [0.25, 0.3) is 0 Å². The van der Waals surface area contributed by atoms with Gasteiger partial charge in [-0.05, 0) is 56.2 Å². The number of anilines is 1. The van der Waals surface area contributed by atoms with E-state index in [1.165, 1.54) is 0 Å². The molecule has 2 aromatic carbocycles. The van der Waals surface area contributed by atoms with Crippen LogP contribution in [0.15, 0.2) is 42.5 Å². The maximum absolute atomic E-state index is 5.48. The zero-order chi connectivity index (χ0) is 24.2. The minimum Gasteiger partial charge on any atom is -0.493 e. The van der Waals surface area contributed by atoms with Crippen molar-refractivity contribution in [3.63, 3.8) is 0 Å². The van der Waals surface area contributed by atoms with Gasteiger partial charge in [-0.15, -0.1) is 0 Å². The van der Waals surface area contributed by atoms with Crippen LogP contribution in [0.1, 0.15) is 16.8 Å². The number of aryl methyl sites for hydroxylation is 2. The summed E-state index contributed by atoms with van der Waals surface area (Å²) >= 11 is 0. The number of methoxy groups -OCH3 is 4. The molecule has 0 radical (unpaired) electrons. The Hall–Kier alpha value is -3.94. The van der Waals surface area contributed by atoms with Crippen LogP contribution in [0.2, 0.25) is 0 Å². The lowest BCUT2D eigenvalue weighted by Crippen LogP contribution is -2.10. The third kappa shape index (κ3) is 4.44. The number of benzene rings is 2. The normalized spacial score (nSPS) is 10.9. The van der Waals surface area contributed by atoms with Gasteiger partial charge in [0.1, 0.15) is 5.82 Å². The summed E-state index contributed by atoms with van der Waals surface area (Å²) in [4.78, 5) is 4.74. The minimum atomic E-state index is 0.661. The molecule has 0 saturated heterocycles. The molecular weight excluding hydrogens is 432 g/mol. The fourth-order valence-electron chi connectivity index (χ4n) is 4.00. The molecule has 4 rings (SSSR count). The predicted molar refractivity (Wildman–Crippen MR) is 133 cm³/mol. The molecule has 0 atom stereocenters. The van der Waals surface area contributed by atoms with Crippen LogP contribution in [0.5, 0.6) is 23.0 Å². The van der Waals surface area contributed by atoms with E-state index in [1.54, 1.807) is 28.4 Å². The topological polar surface area (TPSA) is 79.1 Å². The molecule has 0 amide bonds. The zero-order valence-corrected chi connectivity index (χ0v) is 20.4. The summed E-state index contributed by atoms with van der Waals surface area (Å²) in [6.45, 7) is 4.74. The van der Waals surface area contributed by atoms with Crippen LogP contribution < -0.4 is 24.3 Å². The Morgan fingerprint density at radius 1 is 0.794 bits per heavy atom. The van der Waals surface area contributed by atoms with Crippen molar-refractivity contribution in [2.24, 2.45) is 0 Å². The summed E-state index contributed by atoms with van der Waals surface area (Å²) in [6.07, 6.45) is 0.812. The van der Waals surface area contributed by atoms with Crippen molar-refractivity contribution >= 4 is 11.5 Å². The van der Waals surface area contributed by atoms with Crippen molar-refractivity contribution in [3.05, 3.63) is 59.3 Å². The number of hydrogen-bond acceptors (Lipinski definition) is 7. The lowest BCUT2D eigenvalue weighted by Gasteiger charge is -2.11. The third-order valence-electron chi connectivity index (χ3n) is 5.77. The molecule has 1 N–H and O–H groups in total. The SMILES string of the molecule is COc1ccc(CCNc2cc(C)nc3c(C)c(-c4ccc(OC)c(OC)c4)nn23)cc1OC. The molecule has 0 bridgehead atoms. The molecule has 0 aliphatic carbocycles. The van der Waals surface area contributed by atoms with E-state index in [9.17, 15) is 0 Å². The largest absolute Gasteiger partial charge is 0.493 e. The van der Waals surface area contributed by atoms with E-state index >= 15 is 0 Å². The van der Waals surface area contributed by atoms with Crippen molar-refractivity contribution in [3.8, 4) is 34.3 Å². The Balaban J connectivity index is 1.62. The van der Waals surface area contributed by atoms with Gasteiger partial charge in [0, 0.05) is 29.4 Å². The van der Waals surface area contributed by atoms with Gasteiger partial charge in [-0.3, -0.25) is 0 Å². The van der Waals surface area contributed by atoms with E-state index in [2.05, 4.69) is 5.32 Å². The van der Waals surface area contributed by atoms with Gasteiger partial charge in [-0.2, -0.15) is 9.61 Å². The van der Waals surface area contributed by atoms with Crippen molar-refractivity contribution in [1.82, 2.24) is 14.6 Å². The lowest BCUT2D eigenvalue weighted by atomic mass is 10.1. The number of rotatable bonds is 9. The van der Waals surface area contributed by atoms with Crippen LogP contribution in [-0.2, 0) is 6.42 Å². The average Bonchev–Trinajstić information content (AvgIpc) is 3.19. The molecule has 0 saturated carbocycles. The summed E-state index contributed by atoms with van der Waals surface area (Å²) in [6, 6.07) is 13.8. The summed E-state index contributed by atoms with van der Waals surface area (Å²) in [5, 5.41) is 8.41. The van der Waals surface area contributed by atoms with Gasteiger partial charge in [-0.1, -0.05) is 6.07 Å². The van der Waals surface area contributed by atoms with Gasteiger partial charge >= 0.3 is 0 Å². The Labute approximate surface area is 199 Å². The molecule has 0 unspecified atom stereocenters. The Morgan fingerprint density at radius 2 is 1.44 bits per heavy atom. The molecule has 8 nitrogen and oxygen atoms in total.